The van der Waals surface area contributed by atoms with Gasteiger partial charge in [-0.25, -0.2) is 4.98 Å². The zero-order valence-corrected chi connectivity index (χ0v) is 23.4. The highest BCUT2D eigenvalue weighted by Crippen LogP contribution is 2.34. The summed E-state index contributed by atoms with van der Waals surface area (Å²) in [5, 5.41) is 18.7. The van der Waals surface area contributed by atoms with Crippen molar-refractivity contribution in [3.8, 4) is 28.4 Å². The monoisotopic (exact) mass is 527 g/mol. The number of hydrogen-bond acceptors (Lipinski definition) is 6. The average molecular weight is 528 g/mol. The van der Waals surface area contributed by atoms with Crippen LogP contribution in [0.3, 0.4) is 0 Å². The van der Waals surface area contributed by atoms with Gasteiger partial charge in [-0.3, -0.25) is 14.8 Å². The Morgan fingerprint density at radius 2 is 1.97 bits per heavy atom. The molecule has 0 saturated carbocycles. The van der Waals surface area contributed by atoms with Crippen molar-refractivity contribution >= 4 is 16.8 Å². The number of rotatable bonds is 6. The number of carbonyl (C=O) groups is 1. The molecule has 2 aliphatic rings. The molecule has 9 nitrogen and oxygen atoms in total. The van der Waals surface area contributed by atoms with Crippen LogP contribution in [-0.4, -0.2) is 91.2 Å². The van der Waals surface area contributed by atoms with E-state index in [1.165, 1.54) is 0 Å². The molecular formula is C30H37N7O2. The number of benzene rings is 2. The number of imidazole rings is 1. The van der Waals surface area contributed by atoms with Gasteiger partial charge in [0, 0.05) is 31.4 Å². The molecule has 1 atom stereocenters. The van der Waals surface area contributed by atoms with E-state index in [2.05, 4.69) is 78.0 Å². The van der Waals surface area contributed by atoms with Gasteiger partial charge in [-0.1, -0.05) is 26.0 Å². The Bertz CT molecular complexity index is 1550. The predicted octanol–water partition coefficient (Wildman–Crippen LogP) is 3.80. The Balaban J connectivity index is 1.26. The van der Waals surface area contributed by atoms with Crippen LogP contribution in [0.25, 0.3) is 33.5 Å². The Morgan fingerprint density at radius 3 is 2.69 bits per heavy atom. The lowest BCUT2D eigenvalue weighted by atomic mass is 9.89. The first-order valence-corrected chi connectivity index (χ1v) is 13.8. The van der Waals surface area contributed by atoms with E-state index < -0.39 is 0 Å². The molecule has 6 rings (SSSR count). The molecule has 1 amide bonds. The molecule has 0 bridgehead atoms. The first-order chi connectivity index (χ1) is 18.7. The summed E-state index contributed by atoms with van der Waals surface area (Å²) in [7, 11) is 4.15. The van der Waals surface area contributed by atoms with Gasteiger partial charge in [-0.05, 0) is 74.9 Å². The number of aromatic hydroxyl groups is 1. The van der Waals surface area contributed by atoms with Gasteiger partial charge in [-0.2, -0.15) is 5.10 Å². The van der Waals surface area contributed by atoms with Crippen molar-refractivity contribution in [1.29, 1.82) is 0 Å². The largest absolute Gasteiger partial charge is 0.508 e. The minimum Gasteiger partial charge on any atom is -0.508 e. The number of nitrogens with zero attached hydrogens (tertiary/aromatic N) is 5. The number of nitrogens with one attached hydrogen (secondary N) is 2. The fourth-order valence-corrected chi connectivity index (χ4v) is 6.01. The van der Waals surface area contributed by atoms with Crippen LogP contribution in [-0.2, 0) is 24.2 Å². The Labute approximate surface area is 228 Å². The highest BCUT2D eigenvalue weighted by Gasteiger charge is 2.46. The average Bonchev–Trinajstić information content (AvgIpc) is 3.52. The fraction of sp³-hybridized carbons (Fsp3) is 0.433. The van der Waals surface area contributed by atoms with Crippen molar-refractivity contribution < 1.29 is 9.90 Å². The van der Waals surface area contributed by atoms with E-state index in [-0.39, 0.29) is 23.2 Å². The zero-order chi connectivity index (χ0) is 27.5. The molecule has 0 radical (unpaired) electrons. The van der Waals surface area contributed by atoms with Crippen LogP contribution in [0.15, 0.2) is 36.4 Å². The molecule has 204 valence electrons. The summed E-state index contributed by atoms with van der Waals surface area (Å²) in [5.74, 6) is 1.21. The van der Waals surface area contributed by atoms with Crippen LogP contribution in [0, 0.1) is 0 Å². The molecule has 2 aliphatic heterocycles. The number of amides is 1. The van der Waals surface area contributed by atoms with Crippen LogP contribution in [0.5, 0.6) is 5.75 Å². The molecule has 1 saturated heterocycles. The lowest BCUT2D eigenvalue weighted by Gasteiger charge is -2.53. The van der Waals surface area contributed by atoms with Crippen molar-refractivity contribution in [2.75, 3.05) is 33.7 Å². The Morgan fingerprint density at radius 1 is 1.18 bits per heavy atom. The lowest BCUT2D eigenvalue weighted by Crippen LogP contribution is -2.70. The van der Waals surface area contributed by atoms with Gasteiger partial charge in [0.2, 0.25) is 5.91 Å². The van der Waals surface area contributed by atoms with E-state index in [1.807, 2.05) is 17.0 Å². The standard InChI is InChI=1S/C30H37N7O2/c1-6-18-12-20(38)9-11-21(18)19-8-10-22-23(13-19)33-34-27(22)28-31-24-14-26(36(7-2)15-25(24)32-28)29(39)37-16-30(3,17-37)35(4)5/h8-13,26,38H,6-7,14-17H2,1-5H3,(H,31,32)(H,33,34). The molecule has 2 aromatic carbocycles. The van der Waals surface area contributed by atoms with E-state index in [4.69, 9.17) is 4.98 Å². The molecule has 1 fully saturated rings. The van der Waals surface area contributed by atoms with Gasteiger partial charge in [0.1, 0.15) is 11.4 Å². The minimum absolute atomic E-state index is 0.0489. The van der Waals surface area contributed by atoms with Crippen LogP contribution in [0.1, 0.15) is 37.7 Å². The van der Waals surface area contributed by atoms with Crippen molar-refractivity contribution in [3.63, 3.8) is 0 Å². The summed E-state index contributed by atoms with van der Waals surface area (Å²) < 4.78 is 0. The molecule has 0 spiro atoms. The molecule has 3 N–H and O–H groups in total. The number of likely N-dealkylation sites (tertiary alicyclic amines) is 1. The quantitative estimate of drug-likeness (QED) is 0.352. The van der Waals surface area contributed by atoms with Gasteiger partial charge >= 0.3 is 0 Å². The van der Waals surface area contributed by atoms with Gasteiger partial charge in [0.25, 0.3) is 0 Å². The zero-order valence-electron chi connectivity index (χ0n) is 23.4. The summed E-state index contributed by atoms with van der Waals surface area (Å²) in [5.41, 5.74) is 7.04. The number of hydrogen-bond donors (Lipinski definition) is 3. The number of H-pyrrole nitrogens is 2. The molecule has 2 aromatic heterocycles. The number of aryl methyl sites for hydroxylation is 1. The molecule has 0 aliphatic carbocycles. The highest BCUT2D eigenvalue weighted by molar-refractivity contribution is 5.94. The minimum atomic E-state index is -0.193. The number of phenolic OH excluding ortho intramolecular Hbond substituents is 1. The number of phenols is 1. The Kier molecular flexibility index (Phi) is 6.23. The third-order valence-electron chi connectivity index (χ3n) is 8.77. The first-order valence-electron chi connectivity index (χ1n) is 13.8. The van der Waals surface area contributed by atoms with E-state index in [0.29, 0.717) is 13.0 Å². The third kappa shape index (κ3) is 4.30. The van der Waals surface area contributed by atoms with Gasteiger partial charge < -0.3 is 19.9 Å². The second-order valence-corrected chi connectivity index (χ2v) is 11.4. The second kappa shape index (κ2) is 9.50. The van der Waals surface area contributed by atoms with Crippen molar-refractivity contribution in [3.05, 3.63) is 53.3 Å². The van der Waals surface area contributed by atoms with Gasteiger partial charge in [0.15, 0.2) is 5.82 Å². The highest BCUT2D eigenvalue weighted by atomic mass is 16.3. The molecule has 39 heavy (non-hydrogen) atoms. The van der Waals surface area contributed by atoms with E-state index in [9.17, 15) is 9.90 Å². The van der Waals surface area contributed by atoms with Crippen LogP contribution in [0.2, 0.25) is 0 Å². The number of aromatic amines is 2. The summed E-state index contributed by atoms with van der Waals surface area (Å²) >= 11 is 0. The van der Waals surface area contributed by atoms with Crippen molar-refractivity contribution in [1.82, 2.24) is 34.9 Å². The van der Waals surface area contributed by atoms with Crippen molar-refractivity contribution in [2.45, 2.75) is 51.7 Å². The first kappa shape index (κ1) is 25.6. The molecule has 4 heterocycles. The number of carbonyl (C=O) groups excluding carboxylic acids is 1. The maximum absolute atomic E-state index is 13.5. The van der Waals surface area contributed by atoms with E-state index in [1.54, 1.807) is 6.07 Å². The smallest absolute Gasteiger partial charge is 0.240 e. The number of likely N-dealkylation sites (N-methyl/N-ethyl adjacent to an activating group) is 2. The number of aromatic nitrogens is 4. The molecular weight excluding hydrogens is 490 g/mol. The third-order valence-corrected chi connectivity index (χ3v) is 8.77. The van der Waals surface area contributed by atoms with Crippen LogP contribution < -0.4 is 0 Å². The second-order valence-electron chi connectivity index (χ2n) is 11.4. The van der Waals surface area contributed by atoms with E-state index in [0.717, 1.165) is 76.6 Å². The lowest BCUT2D eigenvalue weighted by molar-refractivity contribution is -0.150. The topological polar surface area (TPSA) is 104 Å². The summed E-state index contributed by atoms with van der Waals surface area (Å²) in [4.78, 5) is 28.4. The van der Waals surface area contributed by atoms with Gasteiger partial charge in [0.05, 0.1) is 28.5 Å². The van der Waals surface area contributed by atoms with E-state index >= 15 is 0 Å². The Hall–Kier alpha value is -3.69. The fourth-order valence-electron chi connectivity index (χ4n) is 6.01. The maximum atomic E-state index is 13.5. The van der Waals surface area contributed by atoms with Crippen LogP contribution >= 0.6 is 0 Å². The molecule has 1 unspecified atom stereocenters. The van der Waals surface area contributed by atoms with Gasteiger partial charge in [-0.15, -0.1) is 0 Å². The van der Waals surface area contributed by atoms with Crippen molar-refractivity contribution in [2.24, 2.45) is 0 Å². The summed E-state index contributed by atoms with van der Waals surface area (Å²) in [6.45, 7) is 9.39. The summed E-state index contributed by atoms with van der Waals surface area (Å²) in [6.07, 6.45) is 1.43. The predicted molar refractivity (Wildman–Crippen MR) is 152 cm³/mol. The normalized spacial score (nSPS) is 18.9. The SMILES string of the molecule is CCc1cc(O)ccc1-c1ccc2c(-c3nc4c([nH]3)CN(CC)C(C(=O)N3CC(C)(N(C)C)C3)C4)n[nH]c2c1. The number of fused-ring (bicyclic) bond motifs is 2. The molecule has 4 aromatic rings. The summed E-state index contributed by atoms with van der Waals surface area (Å²) in [6, 6.07) is 11.6. The van der Waals surface area contributed by atoms with Crippen LogP contribution in [0.4, 0.5) is 0 Å². The maximum Gasteiger partial charge on any atom is 0.240 e. The molecule has 9 heteroatoms.